The van der Waals surface area contributed by atoms with Crippen molar-refractivity contribution in [2.75, 3.05) is 0 Å². The first-order valence-corrected chi connectivity index (χ1v) is 3.38. The summed E-state index contributed by atoms with van der Waals surface area (Å²) in [5.41, 5.74) is 0.846. The summed E-state index contributed by atoms with van der Waals surface area (Å²) in [5.74, 6) is -0.413. The van der Waals surface area contributed by atoms with Crippen molar-refractivity contribution in [1.82, 2.24) is 0 Å². The van der Waals surface area contributed by atoms with Gasteiger partial charge in [-0.3, -0.25) is 0 Å². The van der Waals surface area contributed by atoms with Crippen molar-refractivity contribution in [3.05, 3.63) is 41.2 Å². The normalized spacial score (nSPS) is 9.67. The Kier molecular flexibility index (Phi) is 2.53. The SMILES string of the molecule is Cc1cc(F)ccc1C=C(F)F. The number of hydrogen-bond donors (Lipinski definition) is 0. The lowest BCUT2D eigenvalue weighted by Crippen LogP contribution is -1.82. The molecule has 0 spiro atoms. The molecule has 64 valence electrons. The molecule has 0 aliphatic rings. The molecule has 0 radical (unpaired) electrons. The standard InChI is InChI=1S/C9H7F3/c1-6-4-8(10)3-2-7(6)5-9(11)12/h2-5H,1H3. The Morgan fingerprint density at radius 3 is 2.50 bits per heavy atom. The minimum absolute atomic E-state index is 0.344. The largest absolute Gasteiger partial charge is 0.270 e. The van der Waals surface area contributed by atoms with Gasteiger partial charge in [0.25, 0.3) is 6.08 Å². The molecule has 12 heavy (non-hydrogen) atoms. The molecule has 0 aliphatic heterocycles. The smallest absolute Gasteiger partial charge is 0.207 e. The van der Waals surface area contributed by atoms with Gasteiger partial charge in [-0.15, -0.1) is 0 Å². The Hall–Kier alpha value is -1.25. The minimum atomic E-state index is -1.77. The molecule has 1 aromatic carbocycles. The molecule has 0 aromatic heterocycles. The van der Waals surface area contributed by atoms with Crippen LogP contribution in [-0.2, 0) is 0 Å². The highest BCUT2D eigenvalue weighted by molar-refractivity contribution is 5.53. The van der Waals surface area contributed by atoms with Crippen LogP contribution in [0.4, 0.5) is 13.2 Å². The van der Waals surface area contributed by atoms with Crippen molar-refractivity contribution in [2.45, 2.75) is 6.92 Å². The molecule has 0 bridgehead atoms. The third-order valence-corrected chi connectivity index (χ3v) is 1.50. The summed E-state index contributed by atoms with van der Waals surface area (Å²) in [7, 11) is 0. The summed E-state index contributed by atoms with van der Waals surface area (Å²) in [6.07, 6.45) is -1.06. The molecule has 0 N–H and O–H groups in total. The molecule has 0 heterocycles. The Labute approximate surface area is 68.3 Å². The first-order valence-electron chi connectivity index (χ1n) is 3.38. The zero-order chi connectivity index (χ0) is 9.14. The van der Waals surface area contributed by atoms with Crippen molar-refractivity contribution >= 4 is 6.08 Å². The van der Waals surface area contributed by atoms with E-state index < -0.39 is 11.9 Å². The van der Waals surface area contributed by atoms with Crippen LogP contribution in [-0.4, -0.2) is 0 Å². The molecular weight excluding hydrogens is 165 g/mol. The molecular formula is C9H7F3. The Bertz CT molecular complexity index is 312. The molecule has 0 fully saturated rings. The Morgan fingerprint density at radius 2 is 2.00 bits per heavy atom. The summed E-state index contributed by atoms with van der Waals surface area (Å²) < 4.78 is 36.0. The van der Waals surface area contributed by atoms with E-state index in [4.69, 9.17) is 0 Å². The van der Waals surface area contributed by atoms with Gasteiger partial charge in [-0.05, 0) is 30.2 Å². The maximum atomic E-state index is 12.5. The van der Waals surface area contributed by atoms with Gasteiger partial charge in [-0.2, -0.15) is 8.78 Å². The fourth-order valence-electron chi connectivity index (χ4n) is 0.919. The third-order valence-electron chi connectivity index (χ3n) is 1.50. The molecule has 0 aliphatic carbocycles. The monoisotopic (exact) mass is 172 g/mol. The van der Waals surface area contributed by atoms with E-state index in [2.05, 4.69) is 0 Å². The van der Waals surface area contributed by atoms with Gasteiger partial charge < -0.3 is 0 Å². The van der Waals surface area contributed by atoms with Crippen LogP contribution >= 0.6 is 0 Å². The van der Waals surface area contributed by atoms with Gasteiger partial charge in [0.15, 0.2) is 0 Å². The number of aryl methyl sites for hydroxylation is 1. The predicted octanol–water partition coefficient (Wildman–Crippen LogP) is 3.37. The van der Waals surface area contributed by atoms with Gasteiger partial charge in [0.05, 0.1) is 0 Å². The van der Waals surface area contributed by atoms with E-state index in [0.29, 0.717) is 11.1 Å². The maximum absolute atomic E-state index is 12.5. The van der Waals surface area contributed by atoms with E-state index >= 15 is 0 Å². The van der Waals surface area contributed by atoms with Gasteiger partial charge in [0.1, 0.15) is 5.82 Å². The fraction of sp³-hybridized carbons (Fsp3) is 0.111. The van der Waals surface area contributed by atoms with Crippen LogP contribution in [0.15, 0.2) is 24.3 Å². The first-order chi connectivity index (χ1) is 5.59. The molecule has 0 unspecified atom stereocenters. The van der Waals surface area contributed by atoms with Crippen LogP contribution in [0.3, 0.4) is 0 Å². The van der Waals surface area contributed by atoms with Crippen LogP contribution in [0.1, 0.15) is 11.1 Å². The van der Waals surface area contributed by atoms with E-state index in [0.717, 1.165) is 12.1 Å². The fourth-order valence-corrected chi connectivity index (χ4v) is 0.919. The van der Waals surface area contributed by atoms with E-state index in [1.807, 2.05) is 0 Å². The highest BCUT2D eigenvalue weighted by atomic mass is 19.3. The van der Waals surface area contributed by atoms with Crippen LogP contribution < -0.4 is 0 Å². The van der Waals surface area contributed by atoms with Crippen LogP contribution in [0.2, 0.25) is 0 Å². The van der Waals surface area contributed by atoms with Crippen LogP contribution in [0.5, 0.6) is 0 Å². The van der Waals surface area contributed by atoms with Crippen molar-refractivity contribution in [1.29, 1.82) is 0 Å². The molecule has 0 saturated heterocycles. The van der Waals surface area contributed by atoms with Gasteiger partial charge in [-0.1, -0.05) is 6.07 Å². The average Bonchev–Trinajstić information content (AvgIpc) is 1.94. The summed E-state index contributed by atoms with van der Waals surface area (Å²) >= 11 is 0. The van der Waals surface area contributed by atoms with Crippen molar-refractivity contribution in [2.24, 2.45) is 0 Å². The summed E-state index contributed by atoms with van der Waals surface area (Å²) in [6.45, 7) is 1.58. The lowest BCUT2D eigenvalue weighted by molar-refractivity contribution is 0.429. The van der Waals surface area contributed by atoms with Crippen LogP contribution in [0.25, 0.3) is 6.08 Å². The molecule has 0 atom stereocenters. The van der Waals surface area contributed by atoms with Gasteiger partial charge in [0.2, 0.25) is 0 Å². The van der Waals surface area contributed by atoms with E-state index in [1.165, 1.54) is 12.1 Å². The highest BCUT2D eigenvalue weighted by Gasteiger charge is 1.98. The Balaban J connectivity index is 3.10. The number of rotatable bonds is 1. The topological polar surface area (TPSA) is 0 Å². The second kappa shape index (κ2) is 3.43. The molecule has 0 saturated carbocycles. The van der Waals surface area contributed by atoms with Crippen molar-refractivity contribution < 1.29 is 13.2 Å². The van der Waals surface area contributed by atoms with Gasteiger partial charge in [-0.25, -0.2) is 4.39 Å². The lowest BCUT2D eigenvalue weighted by Gasteiger charge is -1.98. The second-order valence-electron chi connectivity index (χ2n) is 2.43. The molecule has 1 rings (SSSR count). The van der Waals surface area contributed by atoms with Crippen LogP contribution in [0, 0.1) is 12.7 Å². The van der Waals surface area contributed by atoms with E-state index in [-0.39, 0.29) is 0 Å². The zero-order valence-corrected chi connectivity index (χ0v) is 6.44. The third kappa shape index (κ3) is 2.12. The molecule has 1 aromatic rings. The van der Waals surface area contributed by atoms with E-state index in [9.17, 15) is 13.2 Å². The summed E-state index contributed by atoms with van der Waals surface area (Å²) in [6, 6.07) is 3.69. The van der Waals surface area contributed by atoms with E-state index in [1.54, 1.807) is 6.92 Å². The quantitative estimate of drug-likeness (QED) is 0.609. The van der Waals surface area contributed by atoms with Gasteiger partial charge >= 0.3 is 0 Å². The lowest BCUT2D eigenvalue weighted by atomic mass is 10.1. The van der Waals surface area contributed by atoms with Crippen molar-refractivity contribution in [3.63, 3.8) is 0 Å². The zero-order valence-electron chi connectivity index (χ0n) is 6.44. The van der Waals surface area contributed by atoms with Gasteiger partial charge in [0, 0.05) is 6.08 Å². The predicted molar refractivity (Wildman–Crippen MR) is 41.3 cm³/mol. The summed E-state index contributed by atoms with van der Waals surface area (Å²) in [5, 5.41) is 0. The number of hydrogen-bond acceptors (Lipinski definition) is 0. The second-order valence-corrected chi connectivity index (χ2v) is 2.43. The number of benzene rings is 1. The summed E-state index contributed by atoms with van der Waals surface area (Å²) in [4.78, 5) is 0. The highest BCUT2D eigenvalue weighted by Crippen LogP contribution is 2.14. The molecule has 0 nitrogen and oxygen atoms in total. The first kappa shape index (κ1) is 8.84. The average molecular weight is 172 g/mol. The molecule has 3 heteroatoms. The molecule has 0 amide bonds. The number of halogens is 3. The Morgan fingerprint density at radius 1 is 1.33 bits per heavy atom. The maximum Gasteiger partial charge on any atom is 0.270 e. The minimum Gasteiger partial charge on any atom is -0.207 e. The van der Waals surface area contributed by atoms with Crippen molar-refractivity contribution in [3.8, 4) is 0 Å².